The molecular weight excluding hydrogens is 388 g/mol. The van der Waals surface area contributed by atoms with Crippen LogP contribution in [-0.2, 0) is 47.6 Å². The molecule has 0 bridgehead atoms. The number of allylic oxidation sites excluding steroid dienone is 2. The molecule has 0 saturated carbocycles. The molecule has 162 valence electrons. The van der Waals surface area contributed by atoms with Crippen LogP contribution < -0.4 is 0 Å². The second-order valence-electron chi connectivity index (χ2n) is 6.35. The summed E-state index contributed by atoms with van der Waals surface area (Å²) in [6.45, 7) is 9.73. The summed E-state index contributed by atoms with van der Waals surface area (Å²) in [5, 5.41) is 0. The van der Waals surface area contributed by atoms with Gasteiger partial charge in [0.1, 0.15) is 12.7 Å². The maximum absolute atomic E-state index is 11.7. The highest BCUT2D eigenvalue weighted by atomic mass is 16.7. The maximum Gasteiger partial charge on any atom is 0.303 e. The van der Waals surface area contributed by atoms with Crippen molar-refractivity contribution in [2.75, 3.05) is 6.61 Å². The van der Waals surface area contributed by atoms with Crippen molar-refractivity contribution in [1.82, 2.24) is 0 Å². The van der Waals surface area contributed by atoms with Crippen LogP contribution in [0.25, 0.3) is 0 Å². The zero-order valence-electron chi connectivity index (χ0n) is 17.0. The smallest absolute Gasteiger partial charge is 0.303 e. The summed E-state index contributed by atoms with van der Waals surface area (Å²) in [5.41, 5.74) is 0.677. The van der Waals surface area contributed by atoms with E-state index in [1.807, 2.05) is 0 Å². The van der Waals surface area contributed by atoms with E-state index >= 15 is 0 Å². The number of carbonyl (C=O) groups is 4. The Bertz CT molecular complexity index is 668. The lowest BCUT2D eigenvalue weighted by molar-refractivity contribution is -0.297. The zero-order chi connectivity index (χ0) is 22.1. The van der Waals surface area contributed by atoms with Crippen molar-refractivity contribution < 1.29 is 47.6 Å². The van der Waals surface area contributed by atoms with Gasteiger partial charge in [0.15, 0.2) is 12.2 Å². The van der Waals surface area contributed by atoms with Gasteiger partial charge in [-0.2, -0.15) is 0 Å². The average molecular weight is 414 g/mol. The Kier molecular flexibility index (Phi) is 9.33. The lowest BCUT2D eigenvalue weighted by atomic mass is 9.98. The Morgan fingerprint density at radius 1 is 0.828 bits per heavy atom. The van der Waals surface area contributed by atoms with Crippen LogP contribution >= 0.6 is 0 Å². The van der Waals surface area contributed by atoms with Crippen LogP contribution in [0.15, 0.2) is 24.5 Å². The van der Waals surface area contributed by atoms with E-state index in [1.165, 1.54) is 19.3 Å². The van der Waals surface area contributed by atoms with Crippen LogP contribution in [0, 0.1) is 0 Å². The highest BCUT2D eigenvalue weighted by molar-refractivity contribution is 5.68. The lowest BCUT2D eigenvalue weighted by Crippen LogP contribution is -2.62. The molecule has 1 saturated heterocycles. The molecule has 10 heteroatoms. The van der Waals surface area contributed by atoms with E-state index in [0.717, 1.165) is 20.8 Å². The maximum atomic E-state index is 11.7. The van der Waals surface area contributed by atoms with Crippen molar-refractivity contribution in [3.8, 4) is 0 Å². The van der Waals surface area contributed by atoms with Gasteiger partial charge in [-0.1, -0.05) is 12.2 Å². The number of ether oxygens (including phenoxy) is 6. The molecule has 0 aliphatic carbocycles. The number of esters is 4. The van der Waals surface area contributed by atoms with Crippen LogP contribution in [0.1, 0.15) is 34.6 Å². The van der Waals surface area contributed by atoms with Gasteiger partial charge < -0.3 is 28.4 Å². The summed E-state index contributed by atoms with van der Waals surface area (Å²) in [7, 11) is 0. The van der Waals surface area contributed by atoms with Gasteiger partial charge in [-0.25, -0.2) is 0 Å². The highest BCUT2D eigenvalue weighted by Crippen LogP contribution is 2.30. The fourth-order valence-electron chi connectivity index (χ4n) is 2.53. The molecule has 0 aromatic heterocycles. The Morgan fingerprint density at radius 2 is 1.34 bits per heavy atom. The Labute approximate surface area is 168 Å². The summed E-state index contributed by atoms with van der Waals surface area (Å²) in [4.78, 5) is 46.1. The van der Waals surface area contributed by atoms with Crippen LogP contribution in [0.4, 0.5) is 0 Å². The van der Waals surface area contributed by atoms with E-state index in [2.05, 4.69) is 6.58 Å². The third kappa shape index (κ3) is 8.34. The van der Waals surface area contributed by atoms with Gasteiger partial charge in [0, 0.05) is 27.7 Å². The number of carbonyl (C=O) groups excluding carboxylic acids is 4. The molecule has 29 heavy (non-hydrogen) atoms. The zero-order valence-corrected chi connectivity index (χ0v) is 17.0. The van der Waals surface area contributed by atoms with E-state index < -0.39 is 54.6 Å². The van der Waals surface area contributed by atoms with E-state index in [-0.39, 0.29) is 6.61 Å². The van der Waals surface area contributed by atoms with Gasteiger partial charge >= 0.3 is 23.9 Å². The Hall–Kier alpha value is -2.88. The molecule has 1 aliphatic heterocycles. The van der Waals surface area contributed by atoms with Crippen LogP contribution in [-0.4, -0.2) is 61.2 Å². The van der Waals surface area contributed by atoms with Gasteiger partial charge in [0.2, 0.25) is 12.4 Å². The summed E-state index contributed by atoms with van der Waals surface area (Å²) in [5.74, 6) is -2.71. The van der Waals surface area contributed by atoms with E-state index in [0.29, 0.717) is 5.57 Å². The minimum Gasteiger partial charge on any atom is -0.468 e. The minimum atomic E-state index is -1.27. The summed E-state index contributed by atoms with van der Waals surface area (Å²) in [6, 6.07) is 0. The second kappa shape index (κ2) is 11.2. The molecule has 0 radical (unpaired) electrons. The van der Waals surface area contributed by atoms with Crippen molar-refractivity contribution in [1.29, 1.82) is 0 Å². The van der Waals surface area contributed by atoms with Crippen molar-refractivity contribution in [3.63, 3.8) is 0 Å². The molecule has 1 aliphatic rings. The molecule has 0 aromatic rings. The average Bonchev–Trinajstić information content (AvgIpc) is 2.56. The van der Waals surface area contributed by atoms with Crippen molar-refractivity contribution >= 4 is 23.9 Å². The van der Waals surface area contributed by atoms with Crippen LogP contribution in [0.3, 0.4) is 0 Å². The highest BCUT2D eigenvalue weighted by Gasteiger charge is 2.53. The minimum absolute atomic E-state index is 0.318. The lowest BCUT2D eigenvalue weighted by Gasteiger charge is -2.43. The topological polar surface area (TPSA) is 124 Å². The largest absolute Gasteiger partial charge is 0.468 e. The second-order valence-corrected chi connectivity index (χ2v) is 6.35. The molecule has 0 spiro atoms. The molecule has 1 heterocycles. The van der Waals surface area contributed by atoms with Crippen molar-refractivity contribution in [2.45, 2.75) is 65.3 Å². The first-order valence-corrected chi connectivity index (χ1v) is 8.79. The predicted octanol–water partition coefficient (Wildman–Crippen LogP) is 1.18. The first kappa shape index (κ1) is 24.2. The molecule has 5 atom stereocenters. The Balaban J connectivity index is 3.29. The summed E-state index contributed by atoms with van der Waals surface area (Å²) >= 11 is 0. The van der Waals surface area contributed by atoms with Gasteiger partial charge in [-0.15, -0.1) is 0 Å². The summed E-state index contributed by atoms with van der Waals surface area (Å²) in [6.07, 6.45) is -3.24. The molecule has 10 nitrogen and oxygen atoms in total. The molecular formula is C19H26O10. The molecule has 0 N–H and O–H groups in total. The third-order valence-electron chi connectivity index (χ3n) is 3.51. The first-order valence-electron chi connectivity index (χ1n) is 8.79. The van der Waals surface area contributed by atoms with E-state index in [1.54, 1.807) is 6.92 Å². The Morgan fingerprint density at radius 3 is 1.83 bits per heavy atom. The molecule has 0 unspecified atom stereocenters. The predicted molar refractivity (Wildman–Crippen MR) is 97.0 cm³/mol. The van der Waals surface area contributed by atoms with Crippen LogP contribution in [0.2, 0.25) is 0 Å². The van der Waals surface area contributed by atoms with E-state index in [9.17, 15) is 19.2 Å². The van der Waals surface area contributed by atoms with Gasteiger partial charge in [0.05, 0.1) is 6.26 Å². The van der Waals surface area contributed by atoms with Gasteiger partial charge in [0.25, 0.3) is 0 Å². The fraction of sp³-hybridized carbons (Fsp3) is 0.579. The number of hydrogen-bond donors (Lipinski definition) is 0. The molecule has 0 aromatic carbocycles. The SMILES string of the molecule is C=C(C)/C=C/O[C@@H]1O[C@H](COC(C)=O)[C@@H](OC(C)=O)[C@H](OC(C)=O)[C@H]1OC(C)=O. The van der Waals surface area contributed by atoms with E-state index in [4.69, 9.17) is 28.4 Å². The number of rotatable bonds is 8. The fourth-order valence-corrected chi connectivity index (χ4v) is 2.53. The first-order chi connectivity index (χ1) is 13.5. The van der Waals surface area contributed by atoms with Crippen molar-refractivity contribution in [2.24, 2.45) is 0 Å². The normalized spacial score (nSPS) is 26.3. The summed E-state index contributed by atoms with van der Waals surface area (Å²) < 4.78 is 31.9. The molecule has 1 rings (SSSR count). The standard InChI is InChI=1S/C19H26O10/c1-10(2)7-8-24-19-18(28-14(6)23)17(27-13(5)22)16(26-12(4)21)15(29-19)9-25-11(3)20/h7-8,15-19H,1,9H2,2-6H3/b8-7+/t15-,16-,17+,18-,19-/m1/s1. The van der Waals surface area contributed by atoms with Gasteiger partial charge in [-0.05, 0) is 13.0 Å². The monoisotopic (exact) mass is 414 g/mol. The number of hydrogen-bond acceptors (Lipinski definition) is 10. The third-order valence-corrected chi connectivity index (χ3v) is 3.51. The molecule has 0 amide bonds. The quantitative estimate of drug-likeness (QED) is 0.247. The van der Waals surface area contributed by atoms with Crippen LogP contribution in [0.5, 0.6) is 0 Å². The van der Waals surface area contributed by atoms with Gasteiger partial charge in [-0.3, -0.25) is 19.2 Å². The van der Waals surface area contributed by atoms with Crippen molar-refractivity contribution in [3.05, 3.63) is 24.5 Å². The molecule has 1 fully saturated rings.